The van der Waals surface area contributed by atoms with Gasteiger partial charge in [0.25, 0.3) is 0 Å². The fourth-order valence-electron chi connectivity index (χ4n) is 16.5. The third-order valence-electron chi connectivity index (χ3n) is 20.8. The first-order valence-corrected chi connectivity index (χ1v) is 35.2. The maximum Gasteiger partial charge on any atom is 0.108 e. The second-order valence-electron chi connectivity index (χ2n) is 26.0. The van der Waals surface area contributed by atoms with Crippen LogP contribution in [-0.2, 0) is 0 Å². The van der Waals surface area contributed by atoms with Crippen molar-refractivity contribution >= 4 is 139 Å². The summed E-state index contributed by atoms with van der Waals surface area (Å²) in [6, 6.07) is 174. The van der Waals surface area contributed by atoms with Crippen molar-refractivity contribution in [3.8, 4) is 0 Å². The van der Waals surface area contributed by atoms with Crippen molar-refractivity contribution in [2.75, 3.05) is 0 Å². The molecule has 0 spiro atoms. The van der Waals surface area contributed by atoms with Crippen LogP contribution >= 0.6 is 0 Å². The summed E-state index contributed by atoms with van der Waals surface area (Å²) in [5.74, 6) is 0. The molecule has 0 aliphatic rings. The molecule has 0 aliphatic heterocycles. The van der Waals surface area contributed by atoms with E-state index in [1.165, 1.54) is 87.4 Å². The molecule has 101 heavy (non-hydrogen) atoms. The molecular formula is C96H80B4Pb-4. The Bertz CT molecular complexity index is 3670. The first kappa shape index (κ1) is 69.6. The van der Waals surface area contributed by atoms with Crippen molar-refractivity contribution < 1.29 is 0 Å². The second kappa shape index (κ2) is 34.5. The van der Waals surface area contributed by atoms with E-state index >= 15 is 0 Å². The minimum Gasteiger partial charge on any atom is -0.195 e. The maximum absolute atomic E-state index is 2.26. The fraction of sp³-hybridized carbons (Fsp3) is 0. The van der Waals surface area contributed by atoms with Gasteiger partial charge >= 0.3 is 0 Å². The Morgan fingerprint density at radius 1 is 0.0792 bits per heavy atom. The first-order chi connectivity index (χ1) is 49.7. The number of hydrogen-bond donors (Lipinski definition) is 0. The number of rotatable bonds is 16. The first-order valence-electron chi connectivity index (χ1n) is 35.2. The molecule has 16 rings (SSSR count). The van der Waals surface area contributed by atoms with Crippen LogP contribution in [0.4, 0.5) is 0 Å². The van der Waals surface area contributed by atoms with Gasteiger partial charge < -0.3 is 0 Å². The SMILES string of the molecule is [Pb].c1ccc([B-](c2ccccc2)(c2ccccc2)c2ccccc2)cc1.c1ccc([B-](c2ccccc2)(c2ccccc2)c2ccccc2)cc1.c1ccc([B-](c2ccccc2)(c2ccccc2)c2ccccc2)cc1.c1ccc([B-](c2ccccc2)(c2ccccc2)c2ccccc2)cc1. The van der Waals surface area contributed by atoms with Crippen LogP contribution in [0.3, 0.4) is 0 Å². The van der Waals surface area contributed by atoms with Crippen LogP contribution in [0.25, 0.3) is 0 Å². The molecule has 484 valence electrons. The molecule has 0 aliphatic carbocycles. The predicted octanol–water partition coefficient (Wildman–Crippen LogP) is 11.9. The molecule has 0 nitrogen and oxygen atoms in total. The van der Waals surface area contributed by atoms with E-state index in [-0.39, 0.29) is 27.3 Å². The van der Waals surface area contributed by atoms with Gasteiger partial charge in [-0.05, 0) is 0 Å². The van der Waals surface area contributed by atoms with Crippen LogP contribution < -0.4 is 87.4 Å². The van der Waals surface area contributed by atoms with Crippen molar-refractivity contribution in [3.05, 3.63) is 485 Å². The fourth-order valence-corrected chi connectivity index (χ4v) is 16.5. The van der Waals surface area contributed by atoms with Crippen LogP contribution in [0.1, 0.15) is 0 Å². The quantitative estimate of drug-likeness (QED) is 0.0846. The number of benzene rings is 16. The van der Waals surface area contributed by atoms with Gasteiger partial charge in [-0.2, -0.15) is 87.4 Å². The van der Waals surface area contributed by atoms with Gasteiger partial charge in [0.15, 0.2) is 0 Å². The largest absolute Gasteiger partial charge is 0.195 e. The van der Waals surface area contributed by atoms with Crippen molar-refractivity contribution in [1.29, 1.82) is 0 Å². The monoisotopic (exact) mass is 1480 g/mol. The van der Waals surface area contributed by atoms with E-state index in [9.17, 15) is 0 Å². The summed E-state index contributed by atoms with van der Waals surface area (Å²) in [6.45, 7) is 0. The summed E-state index contributed by atoms with van der Waals surface area (Å²) in [5.41, 5.74) is 21.4. The van der Waals surface area contributed by atoms with E-state index < -0.39 is 24.6 Å². The summed E-state index contributed by atoms with van der Waals surface area (Å²) in [5, 5.41) is 0. The summed E-state index contributed by atoms with van der Waals surface area (Å²) < 4.78 is 0. The zero-order valence-corrected chi connectivity index (χ0v) is 60.9. The van der Waals surface area contributed by atoms with Crippen molar-refractivity contribution in [3.63, 3.8) is 0 Å². The Balaban J connectivity index is 0.000000127. The van der Waals surface area contributed by atoms with E-state index in [1.807, 2.05) is 0 Å². The maximum atomic E-state index is 2.26. The van der Waals surface area contributed by atoms with Crippen molar-refractivity contribution in [2.24, 2.45) is 0 Å². The van der Waals surface area contributed by atoms with Gasteiger partial charge in [-0.15, -0.1) is 0 Å². The molecule has 0 heterocycles. The van der Waals surface area contributed by atoms with E-state index in [0.717, 1.165) is 0 Å². The Hall–Kier alpha value is -11.3. The third-order valence-corrected chi connectivity index (χ3v) is 20.8. The topological polar surface area (TPSA) is 0 Å². The molecule has 16 aromatic rings. The van der Waals surface area contributed by atoms with Crippen LogP contribution in [0.5, 0.6) is 0 Å². The average Bonchev–Trinajstić information content (AvgIpc) is 0.765. The average molecular weight is 1480 g/mol. The Kier molecular flexibility index (Phi) is 23.7. The normalized spacial score (nSPS) is 11.1. The van der Waals surface area contributed by atoms with Crippen LogP contribution in [0.15, 0.2) is 485 Å². The molecule has 0 N–H and O–H groups in total. The molecule has 0 atom stereocenters. The van der Waals surface area contributed by atoms with Crippen LogP contribution in [0, 0.1) is 0 Å². The molecule has 0 unspecified atom stereocenters. The number of hydrogen-bond acceptors (Lipinski definition) is 0. The summed E-state index contributed by atoms with van der Waals surface area (Å²) in [6.07, 6.45) is -4.86. The molecule has 0 aromatic heterocycles. The van der Waals surface area contributed by atoms with Gasteiger partial charge in [0, 0.05) is 27.3 Å². The van der Waals surface area contributed by atoms with E-state index in [0.29, 0.717) is 0 Å². The van der Waals surface area contributed by atoms with E-state index in [2.05, 4.69) is 485 Å². The third kappa shape index (κ3) is 14.7. The Labute approximate surface area is 619 Å². The minimum atomic E-state index is -1.22. The smallest absolute Gasteiger partial charge is 0.108 e. The molecule has 0 fully saturated rings. The van der Waals surface area contributed by atoms with Crippen LogP contribution in [0.2, 0.25) is 0 Å². The molecular weight excluding hydrogens is 1400 g/mol. The Morgan fingerprint density at radius 2 is 0.129 bits per heavy atom. The van der Waals surface area contributed by atoms with Gasteiger partial charge in [0.05, 0.1) is 0 Å². The molecule has 16 aromatic carbocycles. The van der Waals surface area contributed by atoms with Crippen LogP contribution in [-0.4, -0.2) is 51.9 Å². The molecule has 4 radical (unpaired) electrons. The second-order valence-corrected chi connectivity index (χ2v) is 26.0. The van der Waals surface area contributed by atoms with E-state index in [1.54, 1.807) is 0 Å². The van der Waals surface area contributed by atoms with Gasteiger partial charge in [-0.3, -0.25) is 0 Å². The summed E-state index contributed by atoms with van der Waals surface area (Å²) in [4.78, 5) is 0. The van der Waals surface area contributed by atoms with Gasteiger partial charge in [0.1, 0.15) is 24.6 Å². The molecule has 0 bridgehead atoms. The zero-order chi connectivity index (χ0) is 67.8. The standard InChI is InChI=1S/4C24H20B.Pb/c4*1-5-13-21(14-6-1)25(22-15-7-2-8-16-22,23-17-9-3-10-18-23)24-19-11-4-12-20-24;/h4*1-20H;/q4*-1;. The Morgan fingerprint density at radius 3 is 0.178 bits per heavy atom. The van der Waals surface area contributed by atoms with Crippen molar-refractivity contribution in [2.45, 2.75) is 0 Å². The predicted molar refractivity (Wildman–Crippen MR) is 446 cm³/mol. The summed E-state index contributed by atoms with van der Waals surface area (Å²) >= 11 is 0. The van der Waals surface area contributed by atoms with Crippen molar-refractivity contribution in [1.82, 2.24) is 0 Å². The zero-order valence-electron chi connectivity index (χ0n) is 57.0. The van der Waals surface area contributed by atoms with Gasteiger partial charge in [-0.25, -0.2) is 0 Å². The molecule has 0 saturated carbocycles. The van der Waals surface area contributed by atoms with Gasteiger partial charge in [0.2, 0.25) is 0 Å². The molecule has 0 saturated heterocycles. The minimum absolute atomic E-state index is 0. The van der Waals surface area contributed by atoms with Gasteiger partial charge in [-0.1, -0.05) is 485 Å². The summed E-state index contributed by atoms with van der Waals surface area (Å²) in [7, 11) is 0. The molecule has 5 heteroatoms. The van der Waals surface area contributed by atoms with E-state index in [4.69, 9.17) is 0 Å². The molecule has 0 amide bonds.